The van der Waals surface area contributed by atoms with Crippen LogP contribution < -0.4 is 0 Å². The standard InChI is InChI=1S/C21H38O3/c1-13(2)17-9-7-15(5)11-19(17)23-21(22)24-20-12-16(6)8-10-18(20)14(3)4/h13-20H,7-12H2,1-6H3/t15-,16+,17-,18-,19-,20-/m1/s1. The molecule has 0 aromatic rings. The molecule has 0 saturated heterocycles. The molecule has 2 rings (SSSR count). The lowest BCUT2D eigenvalue weighted by atomic mass is 9.75. The minimum Gasteiger partial charge on any atom is -0.431 e. The van der Waals surface area contributed by atoms with E-state index in [2.05, 4.69) is 41.5 Å². The molecule has 0 bridgehead atoms. The maximum absolute atomic E-state index is 12.5. The monoisotopic (exact) mass is 338 g/mol. The Morgan fingerprint density at radius 1 is 0.750 bits per heavy atom. The van der Waals surface area contributed by atoms with Crippen LogP contribution in [-0.2, 0) is 9.47 Å². The maximum atomic E-state index is 12.5. The van der Waals surface area contributed by atoms with Gasteiger partial charge in [-0.3, -0.25) is 0 Å². The van der Waals surface area contributed by atoms with E-state index in [1.165, 1.54) is 12.8 Å². The van der Waals surface area contributed by atoms with Crippen LogP contribution in [0.4, 0.5) is 4.79 Å². The SMILES string of the molecule is CC(C)[C@H]1CC[C@@H](C)C[C@H]1OC(=O)O[C@@H]1C[C@@H](C)CC[C@@H]1C(C)C. The first-order valence-corrected chi connectivity index (χ1v) is 10.1. The summed E-state index contributed by atoms with van der Waals surface area (Å²) in [7, 11) is 0. The highest BCUT2D eigenvalue weighted by Crippen LogP contribution is 2.37. The minimum atomic E-state index is -0.426. The van der Waals surface area contributed by atoms with E-state index in [1.54, 1.807) is 0 Å². The van der Waals surface area contributed by atoms with Crippen molar-refractivity contribution in [2.45, 2.75) is 92.3 Å². The Morgan fingerprint density at radius 2 is 1.12 bits per heavy atom. The summed E-state index contributed by atoms with van der Waals surface area (Å²) in [6.45, 7) is 13.5. The van der Waals surface area contributed by atoms with Gasteiger partial charge < -0.3 is 9.47 Å². The molecule has 3 nitrogen and oxygen atoms in total. The van der Waals surface area contributed by atoms with Gasteiger partial charge in [-0.1, -0.05) is 54.4 Å². The van der Waals surface area contributed by atoms with E-state index in [-0.39, 0.29) is 12.2 Å². The van der Waals surface area contributed by atoms with Gasteiger partial charge in [-0.05, 0) is 61.2 Å². The first-order chi connectivity index (χ1) is 11.3. The smallest absolute Gasteiger partial charge is 0.431 e. The normalized spacial score (nSPS) is 37.5. The first kappa shape index (κ1) is 19.6. The molecule has 0 aliphatic heterocycles. The fourth-order valence-corrected chi connectivity index (χ4v) is 4.78. The largest absolute Gasteiger partial charge is 0.508 e. The fourth-order valence-electron chi connectivity index (χ4n) is 4.78. The summed E-state index contributed by atoms with van der Waals surface area (Å²) in [5.74, 6) is 3.31. The van der Waals surface area contributed by atoms with Crippen molar-refractivity contribution in [3.8, 4) is 0 Å². The maximum Gasteiger partial charge on any atom is 0.508 e. The van der Waals surface area contributed by atoms with Crippen LogP contribution in [0.5, 0.6) is 0 Å². The third-order valence-corrected chi connectivity index (χ3v) is 6.42. The van der Waals surface area contributed by atoms with Gasteiger partial charge in [0.1, 0.15) is 12.2 Å². The second-order valence-corrected chi connectivity index (χ2v) is 9.21. The Hall–Kier alpha value is -0.730. The van der Waals surface area contributed by atoms with Crippen LogP contribution >= 0.6 is 0 Å². The molecule has 0 N–H and O–H groups in total. The summed E-state index contributed by atoms with van der Waals surface area (Å²) in [4.78, 5) is 12.5. The van der Waals surface area contributed by atoms with Crippen LogP contribution in [0, 0.1) is 35.5 Å². The van der Waals surface area contributed by atoms with E-state index in [4.69, 9.17) is 9.47 Å². The summed E-state index contributed by atoms with van der Waals surface area (Å²) in [6, 6.07) is 0. The fraction of sp³-hybridized carbons (Fsp3) is 0.952. The molecule has 2 aliphatic carbocycles. The molecular weight excluding hydrogens is 300 g/mol. The Morgan fingerprint density at radius 3 is 1.46 bits per heavy atom. The highest BCUT2D eigenvalue weighted by molar-refractivity contribution is 5.60. The predicted octanol–water partition coefficient (Wildman–Crippen LogP) is 6.06. The van der Waals surface area contributed by atoms with Crippen molar-refractivity contribution >= 4 is 6.16 Å². The van der Waals surface area contributed by atoms with Crippen LogP contribution in [0.15, 0.2) is 0 Å². The van der Waals surface area contributed by atoms with Crippen molar-refractivity contribution in [1.29, 1.82) is 0 Å². The van der Waals surface area contributed by atoms with Gasteiger partial charge in [0, 0.05) is 0 Å². The quantitative estimate of drug-likeness (QED) is 0.584. The first-order valence-electron chi connectivity index (χ1n) is 10.1. The molecule has 6 atom stereocenters. The molecule has 0 unspecified atom stereocenters. The van der Waals surface area contributed by atoms with Crippen LogP contribution in [0.25, 0.3) is 0 Å². The van der Waals surface area contributed by atoms with Crippen LogP contribution in [0.3, 0.4) is 0 Å². The van der Waals surface area contributed by atoms with Gasteiger partial charge in [-0.15, -0.1) is 0 Å². The average Bonchev–Trinajstić information content (AvgIpc) is 2.46. The second-order valence-electron chi connectivity index (χ2n) is 9.21. The van der Waals surface area contributed by atoms with Crippen molar-refractivity contribution in [3.05, 3.63) is 0 Å². The van der Waals surface area contributed by atoms with E-state index in [0.717, 1.165) is 25.7 Å². The van der Waals surface area contributed by atoms with E-state index >= 15 is 0 Å². The highest BCUT2D eigenvalue weighted by atomic mass is 16.7. The Kier molecular flexibility index (Phi) is 7.00. The van der Waals surface area contributed by atoms with E-state index in [1.807, 2.05) is 0 Å². The third-order valence-electron chi connectivity index (χ3n) is 6.42. The zero-order valence-corrected chi connectivity index (χ0v) is 16.6. The van der Waals surface area contributed by atoms with Gasteiger partial charge in [-0.25, -0.2) is 4.79 Å². The van der Waals surface area contributed by atoms with Gasteiger partial charge >= 0.3 is 6.16 Å². The van der Waals surface area contributed by atoms with Gasteiger partial charge in [-0.2, -0.15) is 0 Å². The summed E-state index contributed by atoms with van der Waals surface area (Å²) >= 11 is 0. The van der Waals surface area contributed by atoms with Crippen molar-refractivity contribution < 1.29 is 14.3 Å². The molecule has 0 aromatic carbocycles. The topological polar surface area (TPSA) is 35.5 Å². The number of hydrogen-bond acceptors (Lipinski definition) is 3. The number of ether oxygens (including phenoxy) is 2. The molecule has 2 fully saturated rings. The number of carbonyl (C=O) groups is 1. The van der Waals surface area contributed by atoms with Gasteiger partial charge in [0.25, 0.3) is 0 Å². The van der Waals surface area contributed by atoms with Crippen molar-refractivity contribution in [2.75, 3.05) is 0 Å². The molecular formula is C21H38O3. The molecule has 3 heteroatoms. The van der Waals surface area contributed by atoms with Crippen molar-refractivity contribution in [1.82, 2.24) is 0 Å². The zero-order valence-electron chi connectivity index (χ0n) is 16.6. The lowest BCUT2D eigenvalue weighted by molar-refractivity contribution is -0.0697. The molecule has 0 heterocycles. The van der Waals surface area contributed by atoms with Gasteiger partial charge in [0.2, 0.25) is 0 Å². The predicted molar refractivity (Wildman–Crippen MR) is 97.8 cm³/mol. The van der Waals surface area contributed by atoms with Crippen LogP contribution in [-0.4, -0.2) is 18.4 Å². The van der Waals surface area contributed by atoms with Crippen molar-refractivity contribution in [3.63, 3.8) is 0 Å². The molecule has 140 valence electrons. The number of carbonyl (C=O) groups excluding carboxylic acids is 1. The average molecular weight is 339 g/mol. The molecule has 0 radical (unpaired) electrons. The Bertz CT molecular complexity index is 368. The molecule has 2 saturated carbocycles. The summed E-state index contributed by atoms with van der Waals surface area (Å²) in [6.07, 6.45) is 6.39. The molecule has 2 aliphatic rings. The lowest BCUT2D eigenvalue weighted by Crippen LogP contribution is -2.39. The molecule has 0 spiro atoms. The third kappa shape index (κ3) is 5.13. The summed E-state index contributed by atoms with van der Waals surface area (Å²) < 4.78 is 11.7. The van der Waals surface area contributed by atoms with Crippen LogP contribution in [0.2, 0.25) is 0 Å². The van der Waals surface area contributed by atoms with E-state index in [0.29, 0.717) is 35.5 Å². The summed E-state index contributed by atoms with van der Waals surface area (Å²) in [5, 5.41) is 0. The number of hydrogen-bond donors (Lipinski definition) is 0. The van der Waals surface area contributed by atoms with Crippen LogP contribution in [0.1, 0.15) is 80.1 Å². The molecule has 0 aromatic heterocycles. The Labute approximate surface area is 148 Å². The minimum absolute atomic E-state index is 0.0276. The van der Waals surface area contributed by atoms with Gasteiger partial charge in [0.05, 0.1) is 0 Å². The molecule has 24 heavy (non-hydrogen) atoms. The summed E-state index contributed by atoms with van der Waals surface area (Å²) in [5.41, 5.74) is 0. The lowest BCUT2D eigenvalue weighted by Gasteiger charge is -2.38. The highest BCUT2D eigenvalue weighted by Gasteiger charge is 2.37. The van der Waals surface area contributed by atoms with Gasteiger partial charge in [0.15, 0.2) is 0 Å². The van der Waals surface area contributed by atoms with Crippen molar-refractivity contribution in [2.24, 2.45) is 35.5 Å². The number of rotatable bonds is 4. The van der Waals surface area contributed by atoms with E-state index < -0.39 is 6.16 Å². The Balaban J connectivity index is 1.94. The zero-order chi connectivity index (χ0) is 17.9. The molecule has 0 amide bonds. The second kappa shape index (κ2) is 8.58. The van der Waals surface area contributed by atoms with E-state index in [9.17, 15) is 4.79 Å².